The summed E-state index contributed by atoms with van der Waals surface area (Å²) in [5.41, 5.74) is 1.79. The second kappa shape index (κ2) is 11.7. The summed E-state index contributed by atoms with van der Waals surface area (Å²) in [6, 6.07) is 14.7. The molecule has 0 aromatic heterocycles. The van der Waals surface area contributed by atoms with Crippen LogP contribution in [0.1, 0.15) is 70.9 Å². The van der Waals surface area contributed by atoms with Gasteiger partial charge in [0.1, 0.15) is 11.8 Å². The van der Waals surface area contributed by atoms with E-state index in [0.29, 0.717) is 10.8 Å². The number of rotatable bonds is 8. The van der Waals surface area contributed by atoms with Crippen molar-refractivity contribution in [1.82, 2.24) is 10.2 Å². The van der Waals surface area contributed by atoms with E-state index in [-0.39, 0.29) is 36.4 Å². The van der Waals surface area contributed by atoms with Crippen molar-refractivity contribution in [3.8, 4) is 5.75 Å². The predicted octanol–water partition coefficient (Wildman–Crippen LogP) is 5.88. The molecule has 0 bridgehead atoms. The van der Waals surface area contributed by atoms with Gasteiger partial charge >= 0.3 is 0 Å². The summed E-state index contributed by atoms with van der Waals surface area (Å²) < 4.78 is 6.00. The Balaban J connectivity index is 1.76. The molecule has 1 saturated carbocycles. The van der Waals surface area contributed by atoms with Gasteiger partial charge < -0.3 is 15.0 Å². The van der Waals surface area contributed by atoms with Gasteiger partial charge in [0.15, 0.2) is 6.61 Å². The first-order chi connectivity index (χ1) is 16.1. The van der Waals surface area contributed by atoms with Crippen molar-refractivity contribution in [3.05, 3.63) is 64.7 Å². The van der Waals surface area contributed by atoms with Crippen LogP contribution in [-0.4, -0.2) is 35.4 Å². The van der Waals surface area contributed by atoms with Crippen LogP contribution in [0.15, 0.2) is 48.5 Å². The number of amides is 2. The van der Waals surface area contributed by atoms with Crippen molar-refractivity contribution in [3.63, 3.8) is 0 Å². The van der Waals surface area contributed by atoms with Crippen molar-refractivity contribution in [2.75, 3.05) is 6.61 Å². The first-order valence-electron chi connectivity index (χ1n) is 12.2. The molecule has 0 heterocycles. The zero-order valence-corrected chi connectivity index (χ0v) is 21.5. The highest BCUT2D eigenvalue weighted by Crippen LogP contribution is 2.31. The molecule has 2 aromatic carbocycles. The van der Waals surface area contributed by atoms with Gasteiger partial charge in [-0.05, 0) is 54.5 Å². The van der Waals surface area contributed by atoms with E-state index in [0.717, 1.165) is 36.8 Å². The van der Waals surface area contributed by atoms with Gasteiger partial charge in [0, 0.05) is 17.6 Å². The van der Waals surface area contributed by atoms with Crippen LogP contribution in [0.3, 0.4) is 0 Å². The summed E-state index contributed by atoms with van der Waals surface area (Å²) in [5, 5.41) is 3.75. The van der Waals surface area contributed by atoms with E-state index in [1.807, 2.05) is 42.5 Å². The minimum Gasteiger partial charge on any atom is -0.483 e. The largest absolute Gasteiger partial charge is 0.483 e. The van der Waals surface area contributed by atoms with E-state index in [4.69, 9.17) is 16.3 Å². The molecule has 0 saturated heterocycles. The summed E-state index contributed by atoms with van der Waals surface area (Å²) >= 11 is 6.17. The van der Waals surface area contributed by atoms with Crippen molar-refractivity contribution in [2.24, 2.45) is 0 Å². The van der Waals surface area contributed by atoms with Gasteiger partial charge in [-0.3, -0.25) is 9.59 Å². The highest BCUT2D eigenvalue weighted by molar-refractivity contribution is 6.30. The lowest BCUT2D eigenvalue weighted by Gasteiger charge is -2.31. The Morgan fingerprint density at radius 1 is 1.09 bits per heavy atom. The maximum atomic E-state index is 13.4. The zero-order valence-electron chi connectivity index (χ0n) is 20.8. The molecule has 2 aromatic rings. The molecule has 1 fully saturated rings. The molecule has 3 rings (SSSR count). The smallest absolute Gasteiger partial charge is 0.261 e. The summed E-state index contributed by atoms with van der Waals surface area (Å²) in [6.07, 6.45) is 5.46. The molecule has 1 N–H and O–H groups in total. The number of hydrogen-bond donors (Lipinski definition) is 1. The zero-order chi connectivity index (χ0) is 24.7. The number of para-hydroxylation sites is 1. The molecule has 0 spiro atoms. The van der Waals surface area contributed by atoms with Crippen LogP contribution in [-0.2, 0) is 21.5 Å². The van der Waals surface area contributed by atoms with Gasteiger partial charge in [0.25, 0.3) is 5.91 Å². The number of halogens is 1. The fourth-order valence-electron chi connectivity index (χ4n) is 4.42. The molecule has 2 amide bonds. The van der Waals surface area contributed by atoms with E-state index in [1.165, 1.54) is 6.42 Å². The second-order valence-corrected chi connectivity index (χ2v) is 10.6. The number of hydrogen-bond acceptors (Lipinski definition) is 3. The number of ether oxygens (including phenoxy) is 1. The SMILES string of the molecule is CC(C(=O)NC1CCCCC1)N(Cc1cccc(Cl)c1)C(=O)COc1ccccc1C(C)(C)C. The Hall–Kier alpha value is -2.53. The van der Waals surface area contributed by atoms with Crippen LogP contribution >= 0.6 is 11.6 Å². The molecular weight excluding hydrogens is 448 g/mol. The Kier molecular flexibility index (Phi) is 9.01. The highest BCUT2D eigenvalue weighted by atomic mass is 35.5. The van der Waals surface area contributed by atoms with Gasteiger partial charge in [0.2, 0.25) is 5.91 Å². The minimum atomic E-state index is -0.630. The monoisotopic (exact) mass is 484 g/mol. The van der Waals surface area contributed by atoms with Crippen LogP contribution in [0, 0.1) is 0 Å². The average molecular weight is 485 g/mol. The van der Waals surface area contributed by atoms with Gasteiger partial charge in [-0.15, -0.1) is 0 Å². The molecule has 1 aliphatic carbocycles. The van der Waals surface area contributed by atoms with Gasteiger partial charge in [-0.25, -0.2) is 0 Å². The van der Waals surface area contributed by atoms with E-state index in [9.17, 15) is 9.59 Å². The Morgan fingerprint density at radius 2 is 1.79 bits per heavy atom. The second-order valence-electron chi connectivity index (χ2n) is 10.2. The number of carbonyl (C=O) groups excluding carboxylic acids is 2. The molecule has 5 nitrogen and oxygen atoms in total. The minimum absolute atomic E-state index is 0.118. The number of carbonyl (C=O) groups is 2. The Morgan fingerprint density at radius 3 is 2.47 bits per heavy atom. The first-order valence-corrected chi connectivity index (χ1v) is 12.6. The topological polar surface area (TPSA) is 58.6 Å². The number of benzene rings is 2. The molecule has 0 aliphatic heterocycles. The highest BCUT2D eigenvalue weighted by Gasteiger charge is 2.29. The van der Waals surface area contributed by atoms with Crippen LogP contribution in [0.5, 0.6) is 5.75 Å². The summed E-state index contributed by atoms with van der Waals surface area (Å²) in [5.74, 6) is 0.317. The van der Waals surface area contributed by atoms with Crippen LogP contribution in [0.2, 0.25) is 5.02 Å². The van der Waals surface area contributed by atoms with E-state index >= 15 is 0 Å². The molecule has 0 radical (unpaired) electrons. The van der Waals surface area contributed by atoms with Crippen molar-refractivity contribution >= 4 is 23.4 Å². The first kappa shape index (κ1) is 26.1. The standard InChI is InChI=1S/C28H37ClN2O3/c1-20(27(33)30-23-13-6-5-7-14-23)31(18-21-11-10-12-22(29)17-21)26(32)19-34-25-16-9-8-15-24(25)28(2,3)4/h8-12,15-17,20,23H,5-7,13-14,18-19H2,1-4H3,(H,30,33). The van der Waals surface area contributed by atoms with Crippen LogP contribution in [0.25, 0.3) is 0 Å². The van der Waals surface area contributed by atoms with E-state index < -0.39 is 6.04 Å². The third kappa shape index (κ3) is 7.23. The molecule has 34 heavy (non-hydrogen) atoms. The summed E-state index contributed by atoms with van der Waals surface area (Å²) in [4.78, 5) is 28.1. The fourth-order valence-corrected chi connectivity index (χ4v) is 4.63. The maximum absolute atomic E-state index is 13.4. The third-order valence-electron chi connectivity index (χ3n) is 6.41. The van der Waals surface area contributed by atoms with Gasteiger partial charge in [-0.2, -0.15) is 0 Å². The van der Waals surface area contributed by atoms with Gasteiger partial charge in [0.05, 0.1) is 0 Å². The summed E-state index contributed by atoms with van der Waals surface area (Å²) in [7, 11) is 0. The molecular formula is C28H37ClN2O3. The fraction of sp³-hybridized carbons (Fsp3) is 0.500. The predicted molar refractivity (Wildman–Crippen MR) is 137 cm³/mol. The Labute approximate surface area is 208 Å². The van der Waals surface area contributed by atoms with Crippen LogP contribution < -0.4 is 10.1 Å². The lowest BCUT2D eigenvalue weighted by atomic mass is 9.86. The average Bonchev–Trinajstić information content (AvgIpc) is 2.81. The molecule has 1 aliphatic rings. The quantitative estimate of drug-likeness (QED) is 0.508. The molecule has 1 unspecified atom stereocenters. The van der Waals surface area contributed by atoms with Crippen molar-refractivity contribution in [1.29, 1.82) is 0 Å². The Bertz CT molecular complexity index is 980. The van der Waals surface area contributed by atoms with E-state index in [2.05, 4.69) is 26.1 Å². The molecule has 1 atom stereocenters. The lowest BCUT2D eigenvalue weighted by molar-refractivity contribution is -0.142. The molecule has 6 heteroatoms. The molecule has 184 valence electrons. The van der Waals surface area contributed by atoms with Crippen molar-refractivity contribution in [2.45, 2.75) is 83.8 Å². The van der Waals surface area contributed by atoms with E-state index in [1.54, 1.807) is 17.9 Å². The number of nitrogens with zero attached hydrogens (tertiary/aromatic N) is 1. The number of nitrogens with one attached hydrogen (secondary N) is 1. The summed E-state index contributed by atoms with van der Waals surface area (Å²) in [6.45, 7) is 8.25. The third-order valence-corrected chi connectivity index (χ3v) is 6.64. The van der Waals surface area contributed by atoms with Gasteiger partial charge in [-0.1, -0.05) is 82.0 Å². The van der Waals surface area contributed by atoms with Crippen molar-refractivity contribution < 1.29 is 14.3 Å². The maximum Gasteiger partial charge on any atom is 0.261 e. The lowest BCUT2D eigenvalue weighted by Crippen LogP contribution is -2.51. The normalized spacial score (nSPS) is 15.4. The van der Waals surface area contributed by atoms with Crippen LogP contribution in [0.4, 0.5) is 0 Å².